The van der Waals surface area contributed by atoms with E-state index in [9.17, 15) is 9.59 Å². The summed E-state index contributed by atoms with van der Waals surface area (Å²) in [5.41, 5.74) is 0.630. The van der Waals surface area contributed by atoms with Gasteiger partial charge in [0, 0.05) is 24.6 Å². The minimum absolute atomic E-state index is 0.0462. The predicted octanol–water partition coefficient (Wildman–Crippen LogP) is 1.49. The van der Waals surface area contributed by atoms with Gasteiger partial charge >= 0.3 is 0 Å². The fourth-order valence-electron chi connectivity index (χ4n) is 1.89. The number of benzene rings is 1. The molecule has 0 spiro atoms. The molecule has 0 unspecified atom stereocenters. The third kappa shape index (κ3) is 3.98. The van der Waals surface area contributed by atoms with Crippen molar-refractivity contribution in [3.63, 3.8) is 0 Å². The smallest absolute Gasteiger partial charge is 0.226 e. The molecule has 5 heteroatoms. The van der Waals surface area contributed by atoms with Crippen LogP contribution >= 0.6 is 0 Å². The number of rotatable bonds is 5. The fraction of sp³-hybridized carbons (Fsp3) is 0.429. The van der Waals surface area contributed by atoms with E-state index in [4.69, 9.17) is 5.11 Å². The number of nitrogens with one attached hydrogen (secondary N) is 2. The van der Waals surface area contributed by atoms with Crippen molar-refractivity contribution >= 4 is 17.5 Å². The molecule has 2 rings (SSSR count). The van der Waals surface area contributed by atoms with Gasteiger partial charge in [-0.25, -0.2) is 0 Å². The molecule has 0 aliphatic heterocycles. The van der Waals surface area contributed by atoms with Crippen LogP contribution in [-0.2, 0) is 9.59 Å². The Hall–Kier alpha value is -2.04. The van der Waals surface area contributed by atoms with Crippen LogP contribution in [0.3, 0.4) is 0 Å². The van der Waals surface area contributed by atoms with Crippen LogP contribution in [-0.4, -0.2) is 23.5 Å². The molecule has 0 bridgehead atoms. The second kappa shape index (κ2) is 5.73. The lowest BCUT2D eigenvalue weighted by atomic mass is 10.3. The van der Waals surface area contributed by atoms with Gasteiger partial charge in [-0.2, -0.15) is 0 Å². The highest BCUT2D eigenvalue weighted by Crippen LogP contribution is 2.37. The molecule has 1 aliphatic carbocycles. The van der Waals surface area contributed by atoms with Crippen LogP contribution in [0.2, 0.25) is 0 Å². The van der Waals surface area contributed by atoms with Crippen LogP contribution in [0, 0.1) is 11.8 Å². The molecule has 1 aromatic carbocycles. The minimum atomic E-state index is -0.158. The van der Waals surface area contributed by atoms with Gasteiger partial charge in [0.15, 0.2) is 0 Å². The number of carbonyl (C=O) groups is 2. The number of hydrogen-bond acceptors (Lipinski definition) is 3. The van der Waals surface area contributed by atoms with E-state index >= 15 is 0 Å². The Morgan fingerprint density at radius 3 is 2.53 bits per heavy atom. The molecule has 0 saturated heterocycles. The molecule has 2 amide bonds. The first-order valence-electron chi connectivity index (χ1n) is 6.43. The second-order valence-electron chi connectivity index (χ2n) is 4.96. The van der Waals surface area contributed by atoms with E-state index in [1.807, 2.05) is 6.92 Å². The highest BCUT2D eigenvalue weighted by molar-refractivity contribution is 5.91. The van der Waals surface area contributed by atoms with E-state index in [1.165, 1.54) is 12.1 Å². The first-order valence-corrected chi connectivity index (χ1v) is 6.43. The van der Waals surface area contributed by atoms with Crippen LogP contribution in [0.25, 0.3) is 0 Å². The van der Waals surface area contributed by atoms with E-state index in [0.29, 0.717) is 18.2 Å². The molecule has 19 heavy (non-hydrogen) atoms. The highest BCUT2D eigenvalue weighted by Gasteiger charge is 2.38. The fourth-order valence-corrected chi connectivity index (χ4v) is 1.89. The summed E-state index contributed by atoms with van der Waals surface area (Å²) in [4.78, 5) is 23.1. The van der Waals surface area contributed by atoms with Crippen molar-refractivity contribution in [3.05, 3.63) is 24.3 Å². The summed E-state index contributed by atoms with van der Waals surface area (Å²) >= 11 is 0. The Bertz CT molecular complexity index is 470. The Kier molecular flexibility index (Phi) is 4.04. The summed E-state index contributed by atoms with van der Waals surface area (Å²) in [7, 11) is 0. The van der Waals surface area contributed by atoms with Gasteiger partial charge in [-0.05, 0) is 36.6 Å². The maximum Gasteiger partial charge on any atom is 0.226 e. The molecule has 1 saturated carbocycles. The van der Waals surface area contributed by atoms with Gasteiger partial charge in [0.2, 0.25) is 11.8 Å². The van der Waals surface area contributed by atoms with Crippen LogP contribution in [0.1, 0.15) is 19.8 Å². The summed E-state index contributed by atoms with van der Waals surface area (Å²) in [6.07, 6.45) is 1.19. The molecule has 5 nitrogen and oxygen atoms in total. The molecular weight excluding hydrogens is 244 g/mol. The van der Waals surface area contributed by atoms with Crippen molar-refractivity contribution in [3.8, 4) is 5.75 Å². The number of phenols is 1. The van der Waals surface area contributed by atoms with E-state index in [-0.39, 0.29) is 29.9 Å². The maximum absolute atomic E-state index is 11.6. The van der Waals surface area contributed by atoms with Crippen LogP contribution in [0.5, 0.6) is 5.75 Å². The van der Waals surface area contributed by atoms with Gasteiger partial charge in [-0.15, -0.1) is 0 Å². The Morgan fingerprint density at radius 2 is 1.95 bits per heavy atom. The zero-order valence-electron chi connectivity index (χ0n) is 10.8. The summed E-state index contributed by atoms with van der Waals surface area (Å²) in [6, 6.07) is 6.26. The summed E-state index contributed by atoms with van der Waals surface area (Å²) in [5, 5.41) is 14.6. The van der Waals surface area contributed by atoms with E-state index in [0.717, 1.165) is 6.42 Å². The number of amides is 2. The van der Waals surface area contributed by atoms with Crippen molar-refractivity contribution in [1.29, 1.82) is 0 Å². The van der Waals surface area contributed by atoms with Gasteiger partial charge in [-0.1, -0.05) is 6.92 Å². The zero-order valence-corrected chi connectivity index (χ0v) is 10.8. The lowest BCUT2D eigenvalue weighted by Gasteiger charge is -2.06. The summed E-state index contributed by atoms with van der Waals surface area (Å²) in [5.74, 6) is 0.662. The number of hydrogen-bond donors (Lipinski definition) is 3. The van der Waals surface area contributed by atoms with Crippen LogP contribution in [0.4, 0.5) is 5.69 Å². The SMILES string of the molecule is C[C@H]1C[C@@H]1C(=O)NCCC(=O)Nc1ccc(O)cc1. The van der Waals surface area contributed by atoms with Gasteiger partial charge in [-0.3, -0.25) is 9.59 Å². The van der Waals surface area contributed by atoms with Crippen molar-refractivity contribution < 1.29 is 14.7 Å². The van der Waals surface area contributed by atoms with Crippen LogP contribution in [0.15, 0.2) is 24.3 Å². The average Bonchev–Trinajstić information content (AvgIpc) is 3.09. The Morgan fingerprint density at radius 1 is 1.32 bits per heavy atom. The van der Waals surface area contributed by atoms with Gasteiger partial charge in [0.05, 0.1) is 0 Å². The molecule has 0 aromatic heterocycles. The first-order chi connectivity index (χ1) is 9.06. The monoisotopic (exact) mass is 262 g/mol. The minimum Gasteiger partial charge on any atom is -0.508 e. The molecular formula is C14H18N2O3. The molecule has 0 heterocycles. The van der Waals surface area contributed by atoms with Gasteiger partial charge in [0.25, 0.3) is 0 Å². The van der Waals surface area contributed by atoms with E-state index in [1.54, 1.807) is 12.1 Å². The average molecular weight is 262 g/mol. The van der Waals surface area contributed by atoms with Gasteiger partial charge < -0.3 is 15.7 Å². The molecule has 2 atom stereocenters. The van der Waals surface area contributed by atoms with Crippen molar-refractivity contribution in [2.75, 3.05) is 11.9 Å². The lowest BCUT2D eigenvalue weighted by molar-refractivity contribution is -0.122. The third-order valence-electron chi connectivity index (χ3n) is 3.25. The molecule has 1 aromatic rings. The maximum atomic E-state index is 11.6. The van der Waals surface area contributed by atoms with Crippen LogP contribution < -0.4 is 10.6 Å². The quantitative estimate of drug-likeness (QED) is 0.703. The van der Waals surface area contributed by atoms with Gasteiger partial charge in [0.1, 0.15) is 5.75 Å². The topological polar surface area (TPSA) is 78.4 Å². The normalized spacial score (nSPS) is 20.7. The lowest BCUT2D eigenvalue weighted by Crippen LogP contribution is -2.29. The standard InChI is InChI=1S/C14H18N2O3/c1-9-8-12(9)14(19)15-7-6-13(18)16-10-2-4-11(17)5-3-10/h2-5,9,12,17H,6-8H2,1H3,(H,15,19)(H,16,18)/t9-,12-/m0/s1. The van der Waals surface area contributed by atoms with E-state index < -0.39 is 0 Å². The van der Waals surface area contributed by atoms with E-state index in [2.05, 4.69) is 10.6 Å². The number of anilines is 1. The Labute approximate surface area is 112 Å². The second-order valence-corrected chi connectivity index (χ2v) is 4.96. The zero-order chi connectivity index (χ0) is 13.8. The predicted molar refractivity (Wildman–Crippen MR) is 71.6 cm³/mol. The van der Waals surface area contributed by atoms with Crippen molar-refractivity contribution in [1.82, 2.24) is 5.32 Å². The molecule has 102 valence electrons. The first kappa shape index (κ1) is 13.4. The number of carbonyl (C=O) groups excluding carboxylic acids is 2. The Balaban J connectivity index is 1.67. The molecule has 3 N–H and O–H groups in total. The molecule has 1 aliphatic rings. The molecule has 0 radical (unpaired) electrons. The number of phenolic OH excluding ortho intramolecular Hbond substituents is 1. The largest absolute Gasteiger partial charge is 0.508 e. The summed E-state index contributed by atoms with van der Waals surface area (Å²) < 4.78 is 0. The van der Waals surface area contributed by atoms with Crippen molar-refractivity contribution in [2.45, 2.75) is 19.8 Å². The third-order valence-corrected chi connectivity index (χ3v) is 3.25. The van der Waals surface area contributed by atoms with Crippen molar-refractivity contribution in [2.24, 2.45) is 11.8 Å². The summed E-state index contributed by atoms with van der Waals surface area (Å²) in [6.45, 7) is 2.40. The number of aromatic hydroxyl groups is 1. The highest BCUT2D eigenvalue weighted by atomic mass is 16.3. The molecule has 1 fully saturated rings.